The molecule has 6 nitrogen and oxygen atoms in total. The van der Waals surface area contributed by atoms with Crippen molar-refractivity contribution in [3.05, 3.63) is 47.7 Å². The molecular formula is C17H18N2O4. The molecule has 0 fully saturated rings. The van der Waals surface area contributed by atoms with Crippen LogP contribution in [-0.2, 0) is 0 Å². The van der Waals surface area contributed by atoms with Gasteiger partial charge in [-0.15, -0.1) is 0 Å². The summed E-state index contributed by atoms with van der Waals surface area (Å²) in [4.78, 5) is 27.4. The van der Waals surface area contributed by atoms with E-state index < -0.39 is 5.97 Å². The van der Waals surface area contributed by atoms with Gasteiger partial charge in [0.2, 0.25) is 0 Å². The maximum Gasteiger partial charge on any atom is 0.335 e. The van der Waals surface area contributed by atoms with E-state index in [-0.39, 0.29) is 17.2 Å². The molecule has 0 aliphatic rings. The predicted octanol–water partition coefficient (Wildman–Crippen LogP) is 2.60. The molecule has 0 saturated heterocycles. The highest BCUT2D eigenvalue weighted by atomic mass is 16.5. The summed E-state index contributed by atoms with van der Waals surface area (Å²) in [7, 11) is 0. The van der Waals surface area contributed by atoms with Gasteiger partial charge in [-0.3, -0.25) is 4.79 Å². The summed E-state index contributed by atoms with van der Waals surface area (Å²) < 4.78 is 5.40. The molecule has 1 aromatic heterocycles. The standard InChI is InChI=1S/C17H18N2O4/c1-3-18-16(20)15-7-5-6-14(19-15)11-8-12(17(21)22)10-13(9-11)23-4-2/h5-10H,3-4H2,1-2H3,(H,18,20)(H,21,22). The van der Waals surface area contributed by atoms with Crippen molar-refractivity contribution in [2.24, 2.45) is 0 Å². The van der Waals surface area contributed by atoms with Crippen LogP contribution in [0.15, 0.2) is 36.4 Å². The number of rotatable bonds is 6. The molecule has 2 aromatic rings. The average Bonchev–Trinajstić information content (AvgIpc) is 2.55. The van der Waals surface area contributed by atoms with E-state index in [2.05, 4.69) is 10.3 Å². The van der Waals surface area contributed by atoms with E-state index in [1.807, 2.05) is 13.8 Å². The van der Waals surface area contributed by atoms with Crippen LogP contribution in [0.5, 0.6) is 5.75 Å². The molecule has 23 heavy (non-hydrogen) atoms. The second kappa shape index (κ2) is 7.40. The molecule has 0 saturated carbocycles. The highest BCUT2D eigenvalue weighted by molar-refractivity contribution is 5.93. The molecule has 1 heterocycles. The fourth-order valence-corrected chi connectivity index (χ4v) is 2.09. The molecular weight excluding hydrogens is 296 g/mol. The molecule has 0 atom stereocenters. The summed E-state index contributed by atoms with van der Waals surface area (Å²) in [5.74, 6) is -0.867. The fraction of sp³-hybridized carbons (Fsp3) is 0.235. The lowest BCUT2D eigenvalue weighted by Crippen LogP contribution is -2.23. The van der Waals surface area contributed by atoms with E-state index in [9.17, 15) is 14.7 Å². The summed E-state index contributed by atoms with van der Waals surface area (Å²) in [6.45, 7) is 4.58. The van der Waals surface area contributed by atoms with Crippen LogP contribution in [0.4, 0.5) is 0 Å². The Balaban J connectivity index is 2.46. The van der Waals surface area contributed by atoms with Crippen molar-refractivity contribution >= 4 is 11.9 Å². The Labute approximate surface area is 134 Å². The number of nitrogens with zero attached hydrogens (tertiary/aromatic N) is 1. The molecule has 0 radical (unpaired) electrons. The van der Waals surface area contributed by atoms with Crippen LogP contribution in [0.3, 0.4) is 0 Å². The normalized spacial score (nSPS) is 10.2. The van der Waals surface area contributed by atoms with Crippen molar-refractivity contribution < 1.29 is 19.4 Å². The third kappa shape index (κ3) is 4.06. The molecule has 120 valence electrons. The molecule has 2 N–H and O–H groups in total. The zero-order valence-corrected chi connectivity index (χ0v) is 13.0. The molecule has 6 heteroatoms. The van der Waals surface area contributed by atoms with Crippen LogP contribution in [-0.4, -0.2) is 35.1 Å². The van der Waals surface area contributed by atoms with Crippen LogP contribution in [0.1, 0.15) is 34.7 Å². The predicted molar refractivity (Wildman–Crippen MR) is 85.8 cm³/mol. The number of hydrogen-bond donors (Lipinski definition) is 2. The van der Waals surface area contributed by atoms with Crippen molar-refractivity contribution in [3.63, 3.8) is 0 Å². The number of amides is 1. The van der Waals surface area contributed by atoms with E-state index in [1.165, 1.54) is 12.1 Å². The van der Waals surface area contributed by atoms with Gasteiger partial charge in [0.05, 0.1) is 17.9 Å². The number of ether oxygens (including phenoxy) is 1. The van der Waals surface area contributed by atoms with Gasteiger partial charge in [0.15, 0.2) is 0 Å². The van der Waals surface area contributed by atoms with E-state index in [0.717, 1.165) is 0 Å². The molecule has 0 unspecified atom stereocenters. The van der Waals surface area contributed by atoms with Crippen molar-refractivity contribution in [3.8, 4) is 17.0 Å². The number of benzene rings is 1. The van der Waals surface area contributed by atoms with Gasteiger partial charge in [-0.2, -0.15) is 0 Å². The minimum atomic E-state index is -1.05. The second-order valence-electron chi connectivity index (χ2n) is 4.75. The molecule has 2 rings (SSSR count). The first-order valence-electron chi connectivity index (χ1n) is 7.32. The van der Waals surface area contributed by atoms with E-state index in [4.69, 9.17) is 4.74 Å². The fourth-order valence-electron chi connectivity index (χ4n) is 2.09. The summed E-state index contributed by atoms with van der Waals surface area (Å²) in [6.07, 6.45) is 0. The zero-order chi connectivity index (χ0) is 16.8. The Morgan fingerprint density at radius 3 is 2.65 bits per heavy atom. The summed E-state index contributed by atoms with van der Waals surface area (Å²) in [5.41, 5.74) is 1.48. The minimum absolute atomic E-state index is 0.108. The van der Waals surface area contributed by atoms with Gasteiger partial charge in [0.1, 0.15) is 11.4 Å². The lowest BCUT2D eigenvalue weighted by atomic mass is 10.1. The quantitative estimate of drug-likeness (QED) is 0.855. The summed E-state index contributed by atoms with van der Waals surface area (Å²) in [5, 5.41) is 11.9. The first-order valence-corrected chi connectivity index (χ1v) is 7.32. The van der Waals surface area contributed by atoms with Gasteiger partial charge in [-0.1, -0.05) is 6.07 Å². The van der Waals surface area contributed by atoms with Crippen LogP contribution in [0.25, 0.3) is 11.3 Å². The average molecular weight is 314 g/mol. The first kappa shape index (κ1) is 16.5. The van der Waals surface area contributed by atoms with Crippen LogP contribution < -0.4 is 10.1 Å². The van der Waals surface area contributed by atoms with Crippen LogP contribution >= 0.6 is 0 Å². The molecule has 0 aliphatic carbocycles. The summed E-state index contributed by atoms with van der Waals surface area (Å²) >= 11 is 0. The third-order valence-corrected chi connectivity index (χ3v) is 3.08. The van der Waals surface area contributed by atoms with Gasteiger partial charge in [-0.25, -0.2) is 9.78 Å². The Morgan fingerprint density at radius 2 is 2.00 bits per heavy atom. The largest absolute Gasteiger partial charge is 0.494 e. The Kier molecular flexibility index (Phi) is 5.30. The molecule has 0 bridgehead atoms. The van der Waals surface area contributed by atoms with Gasteiger partial charge in [0.25, 0.3) is 5.91 Å². The van der Waals surface area contributed by atoms with E-state index >= 15 is 0 Å². The maximum atomic E-state index is 11.9. The Hall–Kier alpha value is -2.89. The SMILES string of the molecule is CCNC(=O)c1cccc(-c2cc(OCC)cc(C(=O)O)c2)n1. The topological polar surface area (TPSA) is 88.5 Å². The third-order valence-electron chi connectivity index (χ3n) is 3.08. The lowest BCUT2D eigenvalue weighted by Gasteiger charge is -2.09. The van der Waals surface area contributed by atoms with Gasteiger partial charge in [0, 0.05) is 12.1 Å². The number of nitrogens with one attached hydrogen (secondary N) is 1. The maximum absolute atomic E-state index is 11.9. The molecule has 0 spiro atoms. The minimum Gasteiger partial charge on any atom is -0.494 e. The molecule has 1 amide bonds. The molecule has 0 aliphatic heterocycles. The van der Waals surface area contributed by atoms with E-state index in [0.29, 0.717) is 30.2 Å². The van der Waals surface area contributed by atoms with E-state index in [1.54, 1.807) is 24.3 Å². The van der Waals surface area contributed by atoms with Gasteiger partial charge >= 0.3 is 5.97 Å². The Morgan fingerprint density at radius 1 is 1.22 bits per heavy atom. The number of carbonyl (C=O) groups is 2. The van der Waals surface area contributed by atoms with Crippen LogP contribution in [0.2, 0.25) is 0 Å². The zero-order valence-electron chi connectivity index (χ0n) is 13.0. The Bertz CT molecular complexity index is 728. The number of carbonyl (C=O) groups excluding carboxylic acids is 1. The highest BCUT2D eigenvalue weighted by Gasteiger charge is 2.12. The molecule has 1 aromatic carbocycles. The van der Waals surface area contributed by atoms with Crippen LogP contribution in [0, 0.1) is 0 Å². The second-order valence-corrected chi connectivity index (χ2v) is 4.75. The van der Waals surface area contributed by atoms with Crippen molar-refractivity contribution in [2.45, 2.75) is 13.8 Å². The number of aromatic nitrogens is 1. The van der Waals surface area contributed by atoms with Gasteiger partial charge in [-0.05, 0) is 44.2 Å². The summed E-state index contributed by atoms with van der Waals surface area (Å²) in [6, 6.07) is 9.72. The first-order chi connectivity index (χ1) is 11.0. The number of aromatic carboxylic acids is 1. The number of carboxylic acids is 1. The highest BCUT2D eigenvalue weighted by Crippen LogP contribution is 2.25. The number of pyridine rings is 1. The van der Waals surface area contributed by atoms with Crippen molar-refractivity contribution in [2.75, 3.05) is 13.2 Å². The number of carboxylic acid groups (broad SMARTS) is 1. The van der Waals surface area contributed by atoms with Crippen molar-refractivity contribution in [1.82, 2.24) is 10.3 Å². The van der Waals surface area contributed by atoms with Gasteiger partial charge < -0.3 is 15.2 Å². The number of hydrogen-bond acceptors (Lipinski definition) is 4. The lowest BCUT2D eigenvalue weighted by molar-refractivity contribution is 0.0696. The smallest absolute Gasteiger partial charge is 0.335 e. The van der Waals surface area contributed by atoms with Crippen molar-refractivity contribution in [1.29, 1.82) is 0 Å². The monoisotopic (exact) mass is 314 g/mol.